The zero-order valence-corrected chi connectivity index (χ0v) is 27.0. The number of ether oxygens (including phenoxy) is 1. The maximum Gasteiger partial charge on any atom is 0.330 e. The summed E-state index contributed by atoms with van der Waals surface area (Å²) in [6.07, 6.45) is 15.9. The normalized spacial score (nSPS) is 17.6. The minimum absolute atomic E-state index is 0.206. The lowest BCUT2D eigenvalue weighted by molar-refractivity contribution is -0.134. The fourth-order valence-electron chi connectivity index (χ4n) is 7.94. The molecule has 2 fully saturated rings. The van der Waals surface area contributed by atoms with E-state index in [1.54, 1.807) is 18.2 Å². The Labute approximate surface area is 275 Å². The Balaban J connectivity index is 1.18. The van der Waals surface area contributed by atoms with Crippen LogP contribution in [0.15, 0.2) is 66.9 Å². The Hall–Kier alpha value is -4.72. The van der Waals surface area contributed by atoms with Crippen molar-refractivity contribution < 1.29 is 19.1 Å². The molecular formula is C39H42N4O4. The van der Waals surface area contributed by atoms with Crippen molar-refractivity contribution >= 4 is 40.4 Å². The van der Waals surface area contributed by atoms with E-state index in [4.69, 9.17) is 4.98 Å². The van der Waals surface area contributed by atoms with Gasteiger partial charge in [-0.15, -0.1) is 0 Å². The van der Waals surface area contributed by atoms with E-state index in [9.17, 15) is 14.4 Å². The topological polar surface area (TPSA) is 102 Å². The lowest BCUT2D eigenvalue weighted by Gasteiger charge is -2.29. The van der Waals surface area contributed by atoms with Crippen LogP contribution >= 0.6 is 0 Å². The van der Waals surface area contributed by atoms with Crippen LogP contribution in [0.1, 0.15) is 97.3 Å². The molecule has 2 aromatic heterocycles. The van der Waals surface area contributed by atoms with Crippen LogP contribution < -0.4 is 10.6 Å². The van der Waals surface area contributed by atoms with Crippen LogP contribution in [0.4, 0.5) is 5.69 Å². The third-order valence-corrected chi connectivity index (χ3v) is 10.3. The number of carbonyl (C=O) groups excluding carboxylic acids is 3. The monoisotopic (exact) mass is 630 g/mol. The molecule has 7 rings (SSSR count). The van der Waals surface area contributed by atoms with Gasteiger partial charge in [0.2, 0.25) is 5.91 Å². The summed E-state index contributed by atoms with van der Waals surface area (Å²) >= 11 is 0. The summed E-state index contributed by atoms with van der Waals surface area (Å²) in [6.45, 7) is 0.879. The molecule has 2 aliphatic carbocycles. The van der Waals surface area contributed by atoms with Crippen LogP contribution in [0, 0.1) is 0 Å². The molecule has 8 heteroatoms. The number of benzene rings is 2. The molecule has 0 radical (unpaired) electrons. The Morgan fingerprint density at radius 3 is 2.51 bits per heavy atom. The first kappa shape index (κ1) is 30.9. The Bertz CT molecular complexity index is 1840. The van der Waals surface area contributed by atoms with Crippen molar-refractivity contribution in [3.05, 3.63) is 89.3 Å². The predicted molar refractivity (Wildman–Crippen MR) is 184 cm³/mol. The van der Waals surface area contributed by atoms with Crippen molar-refractivity contribution in [2.75, 3.05) is 12.4 Å². The van der Waals surface area contributed by atoms with E-state index < -0.39 is 11.5 Å². The number of pyridine rings is 1. The number of rotatable bonds is 7. The van der Waals surface area contributed by atoms with Crippen molar-refractivity contribution in [3.8, 4) is 11.3 Å². The molecule has 1 aliphatic heterocycles. The van der Waals surface area contributed by atoms with Gasteiger partial charge in [-0.2, -0.15) is 0 Å². The van der Waals surface area contributed by atoms with Gasteiger partial charge < -0.3 is 19.9 Å². The lowest BCUT2D eigenvalue weighted by Crippen LogP contribution is -2.55. The smallest absolute Gasteiger partial charge is 0.330 e. The molecule has 0 spiro atoms. The van der Waals surface area contributed by atoms with Crippen molar-refractivity contribution in [1.29, 1.82) is 0 Å². The molecule has 2 aromatic carbocycles. The second-order valence-electron chi connectivity index (χ2n) is 13.3. The molecule has 0 saturated heterocycles. The molecule has 8 nitrogen and oxygen atoms in total. The third kappa shape index (κ3) is 6.09. The highest BCUT2D eigenvalue weighted by Crippen LogP contribution is 2.46. The van der Waals surface area contributed by atoms with Crippen LogP contribution in [0.25, 0.3) is 28.2 Å². The first-order valence-electron chi connectivity index (χ1n) is 17.1. The third-order valence-electron chi connectivity index (χ3n) is 10.3. The molecule has 47 heavy (non-hydrogen) atoms. The summed E-state index contributed by atoms with van der Waals surface area (Å²) in [6, 6.07) is 17.6. The summed E-state index contributed by atoms with van der Waals surface area (Å²) in [5.74, 6) is -0.364. The first-order chi connectivity index (χ1) is 23.0. The minimum atomic E-state index is -0.983. The van der Waals surface area contributed by atoms with E-state index in [0.29, 0.717) is 30.0 Å². The molecule has 4 aromatic rings. The van der Waals surface area contributed by atoms with Crippen LogP contribution in [-0.4, -0.2) is 40.0 Å². The standard InChI is InChI=1S/C39H42N4O4/c1-47-34(44)20-15-26-13-17-29(18-14-26)41-38(46)39(21-5-6-22-39)42-37(45)28-16-19-31-33(25-28)43-24-8-12-32-30(11-7-23-40-32)36(43)35(31)27-9-3-2-4-10-27/h7,11,13-20,23,25,27H,2-6,8-10,12,21-22,24H2,1H3,(H,41,46)(H,42,45). The Morgan fingerprint density at radius 1 is 0.957 bits per heavy atom. The molecule has 2 amide bonds. The fraction of sp³-hybridized carbons (Fsp3) is 0.385. The van der Waals surface area contributed by atoms with Gasteiger partial charge in [-0.25, -0.2) is 4.79 Å². The highest BCUT2D eigenvalue weighted by Gasteiger charge is 2.43. The number of aromatic nitrogens is 2. The van der Waals surface area contributed by atoms with E-state index in [2.05, 4.69) is 32.1 Å². The van der Waals surface area contributed by atoms with Gasteiger partial charge in [0, 0.05) is 52.2 Å². The summed E-state index contributed by atoms with van der Waals surface area (Å²) < 4.78 is 7.08. The molecule has 2 saturated carbocycles. The minimum Gasteiger partial charge on any atom is -0.466 e. The first-order valence-corrected chi connectivity index (χ1v) is 17.1. The number of nitrogens with one attached hydrogen (secondary N) is 2. The number of nitrogens with zero attached hydrogens (tertiary/aromatic N) is 2. The summed E-state index contributed by atoms with van der Waals surface area (Å²) in [5.41, 5.74) is 7.21. The van der Waals surface area contributed by atoms with Gasteiger partial charge in [0.05, 0.1) is 12.8 Å². The molecule has 2 N–H and O–H groups in total. The van der Waals surface area contributed by atoms with Crippen LogP contribution in [0.5, 0.6) is 0 Å². The van der Waals surface area contributed by atoms with Gasteiger partial charge in [-0.1, -0.05) is 50.3 Å². The second kappa shape index (κ2) is 13.2. The molecule has 0 unspecified atom stereocenters. The molecular weight excluding hydrogens is 588 g/mol. The predicted octanol–water partition coefficient (Wildman–Crippen LogP) is 7.56. The number of hydrogen-bond donors (Lipinski definition) is 2. The number of esters is 1. The molecule has 242 valence electrons. The van der Waals surface area contributed by atoms with Gasteiger partial charge in [-0.3, -0.25) is 14.6 Å². The lowest BCUT2D eigenvalue weighted by atomic mass is 9.81. The van der Waals surface area contributed by atoms with Gasteiger partial charge >= 0.3 is 5.97 Å². The van der Waals surface area contributed by atoms with Crippen molar-refractivity contribution in [2.24, 2.45) is 0 Å². The van der Waals surface area contributed by atoms with E-state index in [1.165, 1.54) is 67.5 Å². The van der Waals surface area contributed by atoms with Gasteiger partial charge in [0.25, 0.3) is 5.91 Å². The van der Waals surface area contributed by atoms with Crippen molar-refractivity contribution in [3.63, 3.8) is 0 Å². The molecule has 0 bridgehead atoms. The van der Waals surface area contributed by atoms with Crippen LogP contribution in [-0.2, 0) is 27.3 Å². The highest BCUT2D eigenvalue weighted by atomic mass is 16.5. The number of anilines is 1. The number of aryl methyl sites for hydroxylation is 2. The Kier molecular flexibility index (Phi) is 8.67. The van der Waals surface area contributed by atoms with Gasteiger partial charge in [-0.05, 0) is 98.0 Å². The largest absolute Gasteiger partial charge is 0.466 e. The SMILES string of the molecule is COC(=O)C=Cc1ccc(NC(=O)C2(NC(=O)c3ccc4c(C5CCCCC5)c5n(c4c3)CCCc3ncccc3-5)CCCC2)cc1. The van der Waals surface area contributed by atoms with Crippen molar-refractivity contribution in [2.45, 2.75) is 88.6 Å². The van der Waals surface area contributed by atoms with E-state index in [-0.39, 0.29) is 11.8 Å². The molecule has 3 aliphatic rings. The number of amides is 2. The zero-order chi connectivity index (χ0) is 32.4. The number of methoxy groups -OCH3 is 1. The summed E-state index contributed by atoms with van der Waals surface area (Å²) in [4.78, 5) is 44.0. The number of fused-ring (bicyclic) bond motifs is 5. The van der Waals surface area contributed by atoms with E-state index >= 15 is 0 Å². The average Bonchev–Trinajstić information content (AvgIpc) is 3.66. The van der Waals surface area contributed by atoms with Crippen LogP contribution in [0.3, 0.4) is 0 Å². The number of hydrogen-bond acceptors (Lipinski definition) is 5. The summed E-state index contributed by atoms with van der Waals surface area (Å²) in [7, 11) is 1.33. The number of carbonyl (C=O) groups is 3. The second-order valence-corrected chi connectivity index (χ2v) is 13.3. The quantitative estimate of drug-likeness (QED) is 0.162. The zero-order valence-electron chi connectivity index (χ0n) is 27.0. The van der Waals surface area contributed by atoms with Crippen LogP contribution in [0.2, 0.25) is 0 Å². The van der Waals surface area contributed by atoms with Crippen molar-refractivity contribution in [1.82, 2.24) is 14.9 Å². The van der Waals surface area contributed by atoms with E-state index in [0.717, 1.165) is 49.0 Å². The summed E-state index contributed by atoms with van der Waals surface area (Å²) in [5, 5.41) is 7.46. The Morgan fingerprint density at radius 2 is 1.74 bits per heavy atom. The molecule has 3 heterocycles. The maximum absolute atomic E-state index is 14.0. The highest BCUT2D eigenvalue weighted by molar-refractivity contribution is 6.06. The van der Waals surface area contributed by atoms with Gasteiger partial charge in [0.15, 0.2) is 0 Å². The van der Waals surface area contributed by atoms with E-state index in [1.807, 2.05) is 36.5 Å². The average molecular weight is 631 g/mol. The van der Waals surface area contributed by atoms with Gasteiger partial charge in [0.1, 0.15) is 5.54 Å². The maximum atomic E-state index is 14.0. The molecule has 0 atom stereocenters. The fourth-order valence-corrected chi connectivity index (χ4v) is 7.94.